The zero-order valence-corrected chi connectivity index (χ0v) is 19.5. The number of rotatable bonds is 4. The van der Waals surface area contributed by atoms with Crippen LogP contribution in [0.25, 0.3) is 0 Å². The molecule has 2 fully saturated rings. The Balaban J connectivity index is 0.00000108. The highest BCUT2D eigenvalue weighted by molar-refractivity contribution is 6.68. The van der Waals surface area contributed by atoms with E-state index in [4.69, 9.17) is 18.6 Å². The molecule has 164 valence electrons. The van der Waals surface area contributed by atoms with E-state index in [1.54, 1.807) is 0 Å². The van der Waals surface area contributed by atoms with Gasteiger partial charge < -0.3 is 23.4 Å². The van der Waals surface area contributed by atoms with Crippen LogP contribution in [-0.2, 0) is 23.4 Å². The molecule has 0 aliphatic carbocycles. The Labute approximate surface area is 174 Å². The van der Waals surface area contributed by atoms with E-state index in [1.165, 1.54) is 0 Å². The van der Waals surface area contributed by atoms with E-state index in [9.17, 15) is 4.79 Å². The van der Waals surface area contributed by atoms with Crippen molar-refractivity contribution >= 4 is 20.5 Å². The molecule has 2 aliphatic heterocycles. The SMILES string of the molecule is C.CC(C)C(B1OC(C)(C)C(C)(C)O1)B1OC(C)(C)C(C)(C)O1.CC(C)C=O. The molecule has 0 aromatic rings. The maximum atomic E-state index is 9.50. The lowest BCUT2D eigenvalue weighted by Crippen LogP contribution is -2.41. The number of carbonyl (C=O) groups excluding carboxylic acids is 1. The van der Waals surface area contributed by atoms with Gasteiger partial charge >= 0.3 is 14.2 Å². The van der Waals surface area contributed by atoms with Gasteiger partial charge in [-0.15, -0.1) is 0 Å². The maximum Gasteiger partial charge on any atom is 0.459 e. The first kappa shape index (κ1) is 27.6. The first-order valence-electron chi connectivity index (χ1n) is 10.1. The van der Waals surface area contributed by atoms with Crippen LogP contribution in [0.2, 0.25) is 5.72 Å². The van der Waals surface area contributed by atoms with Crippen molar-refractivity contribution in [3.8, 4) is 0 Å². The number of carbonyl (C=O) groups is 1. The third-order valence-electron chi connectivity index (χ3n) is 6.21. The maximum absolute atomic E-state index is 9.50. The predicted octanol–water partition coefficient (Wildman–Crippen LogP) is 5.21. The van der Waals surface area contributed by atoms with E-state index < -0.39 is 0 Å². The summed E-state index contributed by atoms with van der Waals surface area (Å²) in [4.78, 5) is 9.50. The van der Waals surface area contributed by atoms with Crippen molar-refractivity contribution in [2.24, 2.45) is 11.8 Å². The molecule has 5 nitrogen and oxygen atoms in total. The van der Waals surface area contributed by atoms with Gasteiger partial charge in [-0.25, -0.2) is 0 Å². The lowest BCUT2D eigenvalue weighted by Gasteiger charge is -2.32. The quantitative estimate of drug-likeness (QED) is 0.481. The Bertz CT molecular complexity index is 447. The van der Waals surface area contributed by atoms with Gasteiger partial charge in [-0.1, -0.05) is 35.1 Å². The summed E-state index contributed by atoms with van der Waals surface area (Å²) in [5.41, 5.74) is -1.33. The van der Waals surface area contributed by atoms with Crippen LogP contribution < -0.4 is 0 Å². The fourth-order valence-electron chi connectivity index (χ4n) is 2.85. The molecule has 2 heterocycles. The summed E-state index contributed by atoms with van der Waals surface area (Å²) in [6, 6.07) is 0. The fourth-order valence-corrected chi connectivity index (χ4v) is 2.85. The molecule has 0 saturated carbocycles. The third-order valence-corrected chi connectivity index (χ3v) is 6.21. The minimum atomic E-state index is -0.339. The van der Waals surface area contributed by atoms with Crippen molar-refractivity contribution in [1.29, 1.82) is 0 Å². The van der Waals surface area contributed by atoms with Gasteiger partial charge in [0.1, 0.15) is 6.29 Å². The lowest BCUT2D eigenvalue weighted by molar-refractivity contribution is -0.110. The predicted molar refractivity (Wildman–Crippen MR) is 118 cm³/mol. The molecule has 28 heavy (non-hydrogen) atoms. The van der Waals surface area contributed by atoms with Gasteiger partial charge in [0.2, 0.25) is 0 Å². The van der Waals surface area contributed by atoms with E-state index in [0.29, 0.717) is 5.92 Å². The topological polar surface area (TPSA) is 54.0 Å². The summed E-state index contributed by atoms with van der Waals surface area (Å²) in [5, 5.41) is 0. The van der Waals surface area contributed by atoms with Crippen molar-refractivity contribution in [3.63, 3.8) is 0 Å². The van der Waals surface area contributed by atoms with E-state index in [2.05, 4.69) is 69.2 Å². The largest absolute Gasteiger partial charge is 0.459 e. The van der Waals surface area contributed by atoms with Crippen molar-refractivity contribution in [1.82, 2.24) is 0 Å². The molecule has 2 rings (SSSR count). The molecule has 0 spiro atoms. The average molecular weight is 398 g/mol. The molecular formula is C21H44B2O5. The van der Waals surface area contributed by atoms with Crippen molar-refractivity contribution < 1.29 is 23.4 Å². The molecular weight excluding hydrogens is 354 g/mol. The standard InChI is InChI=1S/C16H32B2O4.C4H8O.CH4/c1-11(2)12(17-19-13(3,4)14(5,6)20-17)18-21-15(7,8)16(9,10)22-18;1-4(2)3-5;/h11-12H,1-10H3;3-4H,1-2H3;1H4. The average Bonchev–Trinajstić information content (AvgIpc) is 2.78. The van der Waals surface area contributed by atoms with E-state index in [0.717, 1.165) is 6.29 Å². The van der Waals surface area contributed by atoms with Crippen LogP contribution in [0.15, 0.2) is 0 Å². The molecule has 0 radical (unpaired) electrons. The molecule has 0 N–H and O–H groups in total. The zero-order valence-electron chi connectivity index (χ0n) is 19.5. The third kappa shape index (κ3) is 5.84. The van der Waals surface area contributed by atoms with Gasteiger partial charge in [-0.2, -0.15) is 0 Å². The molecule has 0 aromatic carbocycles. The van der Waals surface area contributed by atoms with Crippen LogP contribution in [-0.4, -0.2) is 42.9 Å². The van der Waals surface area contributed by atoms with Gasteiger partial charge in [-0.3, -0.25) is 0 Å². The monoisotopic (exact) mass is 398 g/mol. The van der Waals surface area contributed by atoms with Gasteiger partial charge in [0.15, 0.2) is 0 Å². The summed E-state index contributed by atoms with van der Waals surface area (Å²) in [7, 11) is -0.639. The van der Waals surface area contributed by atoms with Crippen LogP contribution in [0.1, 0.15) is 90.5 Å². The molecule has 2 saturated heterocycles. The minimum absolute atomic E-state index is 0. The van der Waals surface area contributed by atoms with Crippen LogP contribution in [0.4, 0.5) is 0 Å². The summed E-state index contributed by atoms with van der Waals surface area (Å²) < 4.78 is 25.0. The number of aldehydes is 1. The summed E-state index contributed by atoms with van der Waals surface area (Å²) in [5.74, 6) is 0.527. The summed E-state index contributed by atoms with van der Waals surface area (Å²) >= 11 is 0. The molecule has 0 aromatic heterocycles. The highest BCUT2D eigenvalue weighted by Crippen LogP contribution is 2.47. The Morgan fingerprint density at radius 2 is 0.857 bits per heavy atom. The van der Waals surface area contributed by atoms with Crippen LogP contribution in [0.5, 0.6) is 0 Å². The molecule has 0 bridgehead atoms. The highest BCUT2D eigenvalue weighted by atomic mass is 16.7. The Morgan fingerprint density at radius 1 is 0.643 bits per heavy atom. The second-order valence-corrected chi connectivity index (χ2v) is 10.5. The molecule has 2 aliphatic rings. The van der Waals surface area contributed by atoms with Crippen LogP contribution in [0, 0.1) is 11.8 Å². The van der Waals surface area contributed by atoms with Gasteiger partial charge in [0.25, 0.3) is 0 Å². The first-order chi connectivity index (χ1) is 12.0. The molecule has 0 unspecified atom stereocenters. The Morgan fingerprint density at radius 3 is 1.00 bits per heavy atom. The van der Waals surface area contributed by atoms with E-state index >= 15 is 0 Å². The van der Waals surface area contributed by atoms with Crippen molar-refractivity contribution in [2.75, 3.05) is 0 Å². The zero-order chi connectivity index (χ0) is 21.4. The number of hydrogen-bond donors (Lipinski definition) is 0. The first-order valence-corrected chi connectivity index (χ1v) is 10.1. The van der Waals surface area contributed by atoms with Gasteiger partial charge in [0.05, 0.1) is 22.4 Å². The molecule has 0 atom stereocenters. The van der Waals surface area contributed by atoms with Crippen LogP contribution in [0.3, 0.4) is 0 Å². The van der Waals surface area contributed by atoms with E-state index in [1.807, 2.05) is 13.8 Å². The second kappa shape index (κ2) is 9.20. The Hall–Kier alpha value is -0.360. The second-order valence-electron chi connectivity index (χ2n) is 10.5. The number of hydrogen-bond acceptors (Lipinski definition) is 5. The Kier molecular flexibility index (Phi) is 9.08. The van der Waals surface area contributed by atoms with Gasteiger partial charge in [0, 0.05) is 11.6 Å². The van der Waals surface area contributed by atoms with Gasteiger partial charge in [-0.05, 0) is 61.3 Å². The smallest absolute Gasteiger partial charge is 0.403 e. The van der Waals surface area contributed by atoms with Crippen LogP contribution >= 0.6 is 0 Å². The highest BCUT2D eigenvalue weighted by Gasteiger charge is 2.62. The minimum Gasteiger partial charge on any atom is -0.403 e. The molecule has 7 heteroatoms. The fraction of sp³-hybridized carbons (Fsp3) is 0.952. The normalized spacial score (nSPS) is 24.2. The van der Waals surface area contributed by atoms with E-state index in [-0.39, 0.29) is 55.7 Å². The van der Waals surface area contributed by atoms with Crippen molar-refractivity contribution in [2.45, 2.75) is 119 Å². The summed E-state index contributed by atoms with van der Waals surface area (Å²) in [6.07, 6.45) is 0.917. The lowest BCUT2D eigenvalue weighted by atomic mass is 9.47. The van der Waals surface area contributed by atoms with Crippen molar-refractivity contribution in [3.05, 3.63) is 0 Å². The summed E-state index contributed by atoms with van der Waals surface area (Å²) in [6.45, 7) is 24.7. The molecule has 0 amide bonds.